The molecule has 0 saturated carbocycles. The van der Waals surface area contributed by atoms with Crippen LogP contribution in [0.1, 0.15) is 91.2 Å². The van der Waals surface area contributed by atoms with Gasteiger partial charge in [-0.15, -0.1) is 0 Å². The summed E-state index contributed by atoms with van der Waals surface area (Å²) in [6.45, 7) is 11.8. The number of allylic oxidation sites excluding steroid dienone is 2. The summed E-state index contributed by atoms with van der Waals surface area (Å²) in [5, 5.41) is 14.1. The Labute approximate surface area is 448 Å². The van der Waals surface area contributed by atoms with E-state index < -0.39 is 11.8 Å². The molecule has 2 unspecified atom stereocenters. The van der Waals surface area contributed by atoms with Gasteiger partial charge in [-0.05, 0) is 57.1 Å². The molecule has 0 bridgehead atoms. The van der Waals surface area contributed by atoms with Crippen LogP contribution in [0.4, 0.5) is 4.39 Å². The minimum absolute atomic E-state index is 0.0439. The van der Waals surface area contributed by atoms with Crippen LogP contribution in [-0.2, 0) is 67.3 Å². The number of fused-ring (bicyclic) bond motifs is 4. The Morgan fingerprint density at radius 1 is 1.04 bits per heavy atom. The normalized spacial score (nSPS) is 12.4. The molecular formula is C51H74FN10O11Pb. The molecule has 2 aromatic heterocycles. The molecule has 9 N–H and O–H groups in total. The zero-order valence-corrected chi connectivity index (χ0v) is 47.5. The topological polar surface area (TPSA) is 313 Å². The molecule has 3 aromatic rings. The number of amides is 5. The van der Waals surface area contributed by atoms with Crippen LogP contribution in [0.15, 0.2) is 41.4 Å². The summed E-state index contributed by atoms with van der Waals surface area (Å²) < 4.78 is 24.3. The van der Waals surface area contributed by atoms with Crippen molar-refractivity contribution in [1.29, 1.82) is 0 Å². The second-order valence-electron chi connectivity index (χ2n) is 16.3. The first-order valence-electron chi connectivity index (χ1n) is 23.8. The molecule has 21 nitrogen and oxygen atoms in total. The van der Waals surface area contributed by atoms with Crippen molar-refractivity contribution in [3.8, 4) is 11.4 Å². The number of nitrogens with two attached hydrogens (primary N) is 2. The molecule has 2 aliphatic rings. The number of rotatable bonds is 24. The standard InChI is InChI=1S/C33H39FN3O3.C9H12N2O4.C3H8N2O.C3H7NO.C2H5NO.CH3NO.Pb/c1-6-9-19(4)35-18-40-17-22-11-12-23-20(5)27(34)14-28-31(23)30(22)26-15-37-29(32(26)36-28)13-25(21(8-3)16-38)24(10-7-2)33(37)39;1-11(9(15)3-2-5-12)7-8(14)10-4-6-13;1-5-2-3(4)6;1-4-2-3-5;1-3-2-4;2-1-3;/h13-14,16,21-22,35H,1,4,6-12,15,17-18H2,2-3,5H3;2-3,5-6H,4,7H2,1H3,(H,10,14);5H,2H2,1H3,(H2,4,6);3-4H,2H2,1H3;2H,1H3,(H,3,4);1H,(H2,2,3);/b;3-2-;;;;;. The molecule has 5 amide bonds. The van der Waals surface area contributed by atoms with Crippen LogP contribution in [-0.4, -0.2) is 164 Å². The summed E-state index contributed by atoms with van der Waals surface area (Å²) in [5.74, 6) is -1.70. The Balaban J connectivity index is 0.00000132. The van der Waals surface area contributed by atoms with Crippen LogP contribution in [0.2, 0.25) is 3.98 Å². The SMILES string of the molecule is C=C(CC[CH2][Pb])NCOCC1CCc2c(C)c(F)cc3nc4c(c1c23)Cn1c-4cc(C(C=O)CC)c(CCC)c1=O.CN(CC(=O)NCC=O)C(=O)/C=C\C=O.CNC=O.CNCC(N)=O.CNCC=O.NC=O. The van der Waals surface area contributed by atoms with Gasteiger partial charge in [0.1, 0.15) is 31.0 Å². The van der Waals surface area contributed by atoms with Crippen LogP contribution in [0.3, 0.4) is 0 Å². The molecule has 74 heavy (non-hydrogen) atoms. The summed E-state index contributed by atoms with van der Waals surface area (Å²) >= 11 is 1.20. The first-order chi connectivity index (χ1) is 35.5. The van der Waals surface area contributed by atoms with Crippen LogP contribution in [0.25, 0.3) is 22.3 Å². The average Bonchev–Trinajstić information content (AvgIpc) is 3.75. The molecule has 1 aromatic carbocycles. The van der Waals surface area contributed by atoms with E-state index >= 15 is 4.39 Å². The average molecular weight is 1230 g/mol. The van der Waals surface area contributed by atoms with E-state index in [1.807, 2.05) is 24.5 Å². The number of nitrogens with one attached hydrogen (secondary N) is 5. The van der Waals surface area contributed by atoms with E-state index in [2.05, 4.69) is 45.8 Å². The Morgan fingerprint density at radius 2 is 1.70 bits per heavy atom. The summed E-state index contributed by atoms with van der Waals surface area (Å²) in [7, 11) is 6.38. The van der Waals surface area contributed by atoms with Gasteiger partial charge in [0.25, 0.3) is 5.56 Å². The number of aromatic nitrogens is 2. The zero-order chi connectivity index (χ0) is 56.2. The summed E-state index contributed by atoms with van der Waals surface area (Å²) in [5.41, 5.74) is 17.3. The summed E-state index contributed by atoms with van der Waals surface area (Å²) in [4.78, 5) is 111. The number of aldehydes is 4. The third-order valence-corrected chi connectivity index (χ3v) is 12.4. The number of carbonyl (C=O) groups is 9. The smallest absolute Gasteiger partial charge is 0.372 e. The van der Waals surface area contributed by atoms with Crippen molar-refractivity contribution in [1.82, 2.24) is 41.0 Å². The first kappa shape index (κ1) is 67.6. The van der Waals surface area contributed by atoms with Gasteiger partial charge in [-0.2, -0.15) is 0 Å². The second kappa shape index (κ2) is 39.1. The number of nitrogens with zero attached hydrogens (tertiary/aromatic N) is 3. The van der Waals surface area contributed by atoms with Crippen molar-refractivity contribution >= 4 is 92.4 Å². The van der Waals surface area contributed by atoms with Crippen LogP contribution in [0.5, 0.6) is 0 Å². The molecule has 0 spiro atoms. The van der Waals surface area contributed by atoms with Gasteiger partial charge in [-0.1, -0.05) is 20.3 Å². The molecule has 1 aliphatic carbocycles. The van der Waals surface area contributed by atoms with Gasteiger partial charge in [-0.3, -0.25) is 33.6 Å². The quantitative estimate of drug-likeness (QED) is 0.0170. The van der Waals surface area contributed by atoms with Crippen LogP contribution < -0.4 is 43.6 Å². The molecule has 23 heteroatoms. The van der Waals surface area contributed by atoms with E-state index in [1.54, 1.807) is 21.1 Å². The van der Waals surface area contributed by atoms with E-state index in [1.165, 1.54) is 42.9 Å². The van der Waals surface area contributed by atoms with E-state index in [0.717, 1.165) is 112 Å². The fourth-order valence-corrected chi connectivity index (χ4v) is 8.29. The van der Waals surface area contributed by atoms with Crippen LogP contribution in [0, 0.1) is 12.7 Å². The third-order valence-electron chi connectivity index (χ3n) is 11.0. The fraction of sp³-hybridized carbons (Fsp3) is 0.471. The monoisotopic (exact) mass is 1230 g/mol. The van der Waals surface area contributed by atoms with E-state index in [4.69, 9.17) is 25.0 Å². The first-order valence-corrected chi connectivity index (χ1v) is 26.6. The van der Waals surface area contributed by atoms with Crippen molar-refractivity contribution < 1.29 is 52.3 Å². The maximum absolute atomic E-state index is 15.1. The molecule has 0 fully saturated rings. The van der Waals surface area contributed by atoms with E-state index in [-0.39, 0.29) is 55.2 Å². The van der Waals surface area contributed by atoms with Gasteiger partial charge in [-0.25, -0.2) is 9.37 Å². The molecule has 3 radical (unpaired) electrons. The molecule has 0 saturated heterocycles. The number of ether oxygens (including phenoxy) is 1. The van der Waals surface area contributed by atoms with Gasteiger partial charge in [0, 0.05) is 37.7 Å². The number of aryl methyl sites for hydroxylation is 1. The molecule has 1 aliphatic heterocycles. The number of likely N-dealkylation sites (N-methyl/N-ethyl adjacent to an activating group) is 3. The fourth-order valence-electron chi connectivity index (χ4n) is 7.60. The van der Waals surface area contributed by atoms with Gasteiger partial charge in [0.2, 0.25) is 30.5 Å². The summed E-state index contributed by atoms with van der Waals surface area (Å²) in [6, 6.07) is 3.54. The number of hydrogen-bond donors (Lipinski definition) is 7. The number of halogens is 1. The number of benzene rings is 1. The molecular weight excluding hydrogens is 1150 g/mol. The predicted molar refractivity (Wildman–Crippen MR) is 283 cm³/mol. The zero-order valence-electron chi connectivity index (χ0n) is 43.6. The molecule has 405 valence electrons. The van der Waals surface area contributed by atoms with E-state index in [9.17, 15) is 38.4 Å². The maximum atomic E-state index is 15.1. The van der Waals surface area contributed by atoms with Crippen molar-refractivity contribution in [2.24, 2.45) is 11.5 Å². The van der Waals surface area contributed by atoms with Crippen molar-refractivity contribution in [3.05, 3.63) is 86.1 Å². The summed E-state index contributed by atoms with van der Waals surface area (Å²) in [6.07, 6.45) is 11.5. The predicted octanol–water partition coefficient (Wildman–Crippen LogP) is 1.07. The van der Waals surface area contributed by atoms with Gasteiger partial charge in [0.05, 0.1) is 31.9 Å². The van der Waals surface area contributed by atoms with Crippen molar-refractivity contribution in [2.75, 3.05) is 67.7 Å². The number of primary amides is 2. The minimum atomic E-state index is -0.455. The number of carbonyl (C=O) groups excluding carboxylic acids is 9. The molecule has 3 heterocycles. The van der Waals surface area contributed by atoms with Gasteiger partial charge < -0.3 is 56.6 Å². The Morgan fingerprint density at radius 3 is 2.20 bits per heavy atom. The van der Waals surface area contributed by atoms with E-state index in [0.29, 0.717) is 69.3 Å². The van der Waals surface area contributed by atoms with Crippen molar-refractivity contribution in [2.45, 2.75) is 88.1 Å². The third kappa shape index (κ3) is 22.4. The number of pyridine rings is 2. The Kier molecular flexibility index (Phi) is 35.8. The Bertz CT molecular complexity index is 2430. The number of hydrogen-bond acceptors (Lipinski definition) is 15. The molecule has 2 atom stereocenters. The van der Waals surface area contributed by atoms with Crippen molar-refractivity contribution in [3.63, 3.8) is 0 Å². The van der Waals surface area contributed by atoms with Gasteiger partial charge >= 0.3 is 137 Å². The molecule has 5 rings (SSSR count). The second-order valence-corrected chi connectivity index (χ2v) is 18.2. The van der Waals surface area contributed by atoms with Crippen LogP contribution >= 0.6 is 0 Å². The Hall–Kier alpha value is -6.38. The minimum Gasteiger partial charge on any atom is -0.372 e. The van der Waals surface area contributed by atoms with Gasteiger partial charge in [0.15, 0.2) is 0 Å².